The number of hydrogen-bond donors (Lipinski definition) is 1. The second-order valence-electron chi connectivity index (χ2n) is 17.8. The molecule has 0 amide bonds. The second kappa shape index (κ2) is 49.8. The summed E-state index contributed by atoms with van der Waals surface area (Å²) in [7, 11) is 0. The summed E-state index contributed by atoms with van der Waals surface area (Å²) in [4.78, 5) is 25.1. The highest BCUT2D eigenvalue weighted by Crippen LogP contribution is 2.16. The fourth-order valence-corrected chi connectivity index (χ4v) is 7.47. The first-order valence-corrected chi connectivity index (χ1v) is 26.5. The molecule has 61 heavy (non-hydrogen) atoms. The van der Waals surface area contributed by atoms with Crippen molar-refractivity contribution >= 4 is 11.9 Å². The zero-order valence-electron chi connectivity index (χ0n) is 41.0. The lowest BCUT2D eigenvalue weighted by atomic mass is 10.1. The van der Waals surface area contributed by atoms with Crippen molar-refractivity contribution in [1.82, 2.24) is 0 Å². The lowest BCUT2D eigenvalue weighted by Gasteiger charge is -2.19. The number of unbranched alkanes of at least 4 members (excludes halogenated alkanes) is 27. The van der Waals surface area contributed by atoms with E-state index in [2.05, 4.69) is 27.7 Å². The molecule has 9 heteroatoms. The standard InChI is InChI=1S/C52H103NO8/c1-5-9-13-17-21-25-29-33-43-57-51(56-42-32-28-24-20-16-12-8-4)40-36-38-49(54)60-46-48(53)47-61-50(55)39-37-41-52(58-44-34-30-26-22-18-14-10-6-2)59-45-35-31-27-23-19-15-11-7-3/h48,51-52H,5-47,53H2,1-4H3. The van der Waals surface area contributed by atoms with Gasteiger partial charge >= 0.3 is 11.9 Å². The van der Waals surface area contributed by atoms with E-state index in [0.29, 0.717) is 52.1 Å². The molecule has 0 heterocycles. The number of nitrogens with two attached hydrogens (primary N) is 1. The quantitative estimate of drug-likeness (QED) is 0.0362. The van der Waals surface area contributed by atoms with Crippen molar-refractivity contribution in [2.45, 2.75) is 284 Å². The smallest absolute Gasteiger partial charge is 0.305 e. The van der Waals surface area contributed by atoms with Gasteiger partial charge in [-0.1, -0.05) is 201 Å². The Bertz CT molecular complexity index is 869. The van der Waals surface area contributed by atoms with Gasteiger partial charge in [0.25, 0.3) is 0 Å². The van der Waals surface area contributed by atoms with E-state index in [0.717, 1.165) is 25.7 Å². The number of esters is 2. The van der Waals surface area contributed by atoms with Crippen LogP contribution in [-0.2, 0) is 38.0 Å². The van der Waals surface area contributed by atoms with Gasteiger partial charge in [-0.05, 0) is 51.4 Å². The first kappa shape index (κ1) is 59.7. The van der Waals surface area contributed by atoms with Crippen molar-refractivity contribution in [3.63, 3.8) is 0 Å². The fourth-order valence-electron chi connectivity index (χ4n) is 7.47. The molecule has 0 aromatic carbocycles. The van der Waals surface area contributed by atoms with Crippen LogP contribution in [-0.4, -0.2) is 70.2 Å². The van der Waals surface area contributed by atoms with E-state index in [4.69, 9.17) is 34.2 Å². The maximum Gasteiger partial charge on any atom is 0.305 e. The molecule has 0 aliphatic rings. The van der Waals surface area contributed by atoms with E-state index in [-0.39, 0.29) is 50.6 Å². The zero-order valence-corrected chi connectivity index (χ0v) is 41.0. The largest absolute Gasteiger partial charge is 0.464 e. The Balaban J connectivity index is 4.45. The van der Waals surface area contributed by atoms with Crippen molar-refractivity contribution in [3.05, 3.63) is 0 Å². The summed E-state index contributed by atoms with van der Waals surface area (Å²) in [6.45, 7) is 11.8. The molecule has 0 radical (unpaired) electrons. The highest BCUT2D eigenvalue weighted by atomic mass is 16.7. The van der Waals surface area contributed by atoms with E-state index < -0.39 is 6.04 Å². The van der Waals surface area contributed by atoms with E-state index in [9.17, 15) is 9.59 Å². The molecule has 0 saturated heterocycles. The van der Waals surface area contributed by atoms with Crippen LogP contribution in [0.5, 0.6) is 0 Å². The van der Waals surface area contributed by atoms with Crippen LogP contribution in [0, 0.1) is 0 Å². The molecule has 2 unspecified atom stereocenters. The van der Waals surface area contributed by atoms with Crippen molar-refractivity contribution in [2.24, 2.45) is 5.73 Å². The molecule has 0 aliphatic heterocycles. The molecule has 0 aliphatic carbocycles. The van der Waals surface area contributed by atoms with Crippen LogP contribution >= 0.6 is 0 Å². The van der Waals surface area contributed by atoms with Crippen molar-refractivity contribution in [3.8, 4) is 0 Å². The average Bonchev–Trinajstić information content (AvgIpc) is 3.26. The van der Waals surface area contributed by atoms with Gasteiger partial charge in [-0.25, -0.2) is 0 Å². The molecule has 364 valence electrons. The van der Waals surface area contributed by atoms with Gasteiger partial charge in [-0.3, -0.25) is 9.59 Å². The number of carbonyl (C=O) groups excluding carboxylic acids is 2. The molecule has 0 bridgehead atoms. The van der Waals surface area contributed by atoms with Crippen LogP contribution in [0.4, 0.5) is 0 Å². The lowest BCUT2D eigenvalue weighted by molar-refractivity contribution is -0.152. The maximum absolute atomic E-state index is 12.6. The van der Waals surface area contributed by atoms with Gasteiger partial charge in [0.1, 0.15) is 13.2 Å². The Morgan fingerprint density at radius 1 is 0.344 bits per heavy atom. The maximum atomic E-state index is 12.6. The Kier molecular flexibility index (Phi) is 48.7. The monoisotopic (exact) mass is 870 g/mol. The first-order valence-electron chi connectivity index (χ1n) is 26.5. The van der Waals surface area contributed by atoms with Gasteiger partial charge < -0.3 is 34.2 Å². The molecular weight excluding hydrogens is 767 g/mol. The van der Waals surface area contributed by atoms with Crippen LogP contribution in [0.1, 0.15) is 265 Å². The van der Waals surface area contributed by atoms with E-state index in [1.807, 2.05) is 0 Å². The minimum Gasteiger partial charge on any atom is -0.464 e. The summed E-state index contributed by atoms with van der Waals surface area (Å²) < 4.78 is 35.5. The van der Waals surface area contributed by atoms with Gasteiger partial charge in [-0.15, -0.1) is 0 Å². The van der Waals surface area contributed by atoms with Gasteiger partial charge in [0, 0.05) is 39.3 Å². The van der Waals surface area contributed by atoms with Gasteiger partial charge in [0.05, 0.1) is 6.04 Å². The molecular formula is C52H103NO8. The Morgan fingerprint density at radius 2 is 0.574 bits per heavy atom. The molecule has 0 spiro atoms. The summed E-state index contributed by atoms with van der Waals surface area (Å²) in [5, 5.41) is 0. The van der Waals surface area contributed by atoms with E-state index in [1.54, 1.807) is 0 Å². The Hall–Kier alpha value is -1.26. The van der Waals surface area contributed by atoms with Crippen LogP contribution < -0.4 is 5.73 Å². The summed E-state index contributed by atoms with van der Waals surface area (Å²) in [5.41, 5.74) is 6.16. The second-order valence-corrected chi connectivity index (χ2v) is 17.8. The third kappa shape index (κ3) is 46.5. The molecule has 0 aromatic rings. The minimum absolute atomic E-state index is 0.0144. The molecule has 0 fully saturated rings. The molecule has 9 nitrogen and oxygen atoms in total. The Labute approximate surface area is 378 Å². The van der Waals surface area contributed by atoms with Gasteiger partial charge in [0.15, 0.2) is 12.6 Å². The highest BCUT2D eigenvalue weighted by molar-refractivity contribution is 5.69. The number of ether oxygens (including phenoxy) is 6. The molecule has 0 aromatic heterocycles. The topological polar surface area (TPSA) is 116 Å². The van der Waals surface area contributed by atoms with Crippen LogP contribution in [0.25, 0.3) is 0 Å². The number of hydrogen-bond acceptors (Lipinski definition) is 9. The molecule has 0 rings (SSSR count). The minimum atomic E-state index is -0.571. The number of carbonyl (C=O) groups is 2. The van der Waals surface area contributed by atoms with E-state index >= 15 is 0 Å². The third-order valence-electron chi connectivity index (χ3n) is 11.5. The molecule has 2 atom stereocenters. The SMILES string of the molecule is CCCCCCCCCCOC(CCCC(=O)OCC(N)COC(=O)CCCC(OCCCCCCCCCC)OCCCCCCCCCC)OCCCCCCCCC. The van der Waals surface area contributed by atoms with Crippen molar-refractivity contribution < 1.29 is 38.0 Å². The Morgan fingerprint density at radius 3 is 0.820 bits per heavy atom. The predicted octanol–water partition coefficient (Wildman–Crippen LogP) is 14.6. The van der Waals surface area contributed by atoms with Crippen molar-refractivity contribution in [2.75, 3.05) is 39.6 Å². The zero-order chi connectivity index (χ0) is 44.5. The highest BCUT2D eigenvalue weighted by Gasteiger charge is 2.16. The normalized spacial score (nSPS) is 12.6. The number of rotatable bonds is 51. The van der Waals surface area contributed by atoms with Gasteiger partial charge in [0.2, 0.25) is 0 Å². The summed E-state index contributed by atoms with van der Waals surface area (Å²) >= 11 is 0. The van der Waals surface area contributed by atoms with Crippen LogP contribution in [0.2, 0.25) is 0 Å². The van der Waals surface area contributed by atoms with Crippen molar-refractivity contribution in [1.29, 1.82) is 0 Å². The third-order valence-corrected chi connectivity index (χ3v) is 11.5. The lowest BCUT2D eigenvalue weighted by Crippen LogP contribution is -2.33. The predicted molar refractivity (Wildman–Crippen MR) is 255 cm³/mol. The first-order chi connectivity index (χ1) is 30.0. The summed E-state index contributed by atoms with van der Waals surface area (Å²) in [5.74, 6) is -0.609. The van der Waals surface area contributed by atoms with Crippen LogP contribution in [0.15, 0.2) is 0 Å². The van der Waals surface area contributed by atoms with Gasteiger partial charge in [-0.2, -0.15) is 0 Å². The van der Waals surface area contributed by atoms with Crippen LogP contribution in [0.3, 0.4) is 0 Å². The molecule has 0 saturated carbocycles. The summed E-state index contributed by atoms with van der Waals surface area (Å²) in [6, 6.07) is -0.571. The fraction of sp³-hybridized carbons (Fsp3) is 0.962. The average molecular weight is 870 g/mol. The summed E-state index contributed by atoms with van der Waals surface area (Å²) in [6.07, 6.45) is 41.4. The van der Waals surface area contributed by atoms with E-state index in [1.165, 1.54) is 173 Å². The molecule has 2 N–H and O–H groups in total.